The third kappa shape index (κ3) is 4.43. The normalized spacial score (nSPS) is 12.9. The Bertz CT molecular complexity index is 598. The molecular formula is C15H19Cl2N3O. The maximum absolute atomic E-state index is 6.00. The molecule has 0 bridgehead atoms. The molecule has 0 amide bonds. The molecule has 1 aromatic heterocycles. The van der Waals surface area contributed by atoms with Crippen molar-refractivity contribution in [3.05, 3.63) is 45.5 Å². The maximum atomic E-state index is 6.00. The van der Waals surface area contributed by atoms with Crippen LogP contribution >= 0.6 is 23.2 Å². The highest BCUT2D eigenvalue weighted by atomic mass is 35.5. The van der Waals surface area contributed by atoms with Gasteiger partial charge in [0.05, 0.1) is 16.0 Å². The molecule has 4 nitrogen and oxygen atoms in total. The summed E-state index contributed by atoms with van der Waals surface area (Å²) < 4.78 is 5.34. The highest BCUT2D eigenvalue weighted by Crippen LogP contribution is 2.25. The van der Waals surface area contributed by atoms with Crippen molar-refractivity contribution in [3.8, 4) is 0 Å². The fraction of sp³-hybridized carbons (Fsp3) is 0.467. The third-order valence-electron chi connectivity index (χ3n) is 3.22. The largest absolute Gasteiger partial charge is 0.339 e. The summed E-state index contributed by atoms with van der Waals surface area (Å²) in [5.41, 5.74) is 6.78. The van der Waals surface area contributed by atoms with Crippen molar-refractivity contribution in [1.82, 2.24) is 10.1 Å². The van der Waals surface area contributed by atoms with Crippen LogP contribution in [0.3, 0.4) is 0 Å². The number of aromatic nitrogens is 2. The zero-order valence-corrected chi connectivity index (χ0v) is 13.7. The molecule has 2 aromatic rings. The number of hydrogen-bond acceptors (Lipinski definition) is 4. The number of hydrogen-bond donors (Lipinski definition) is 1. The van der Waals surface area contributed by atoms with Gasteiger partial charge in [0.2, 0.25) is 5.89 Å². The predicted octanol–water partition coefficient (Wildman–Crippen LogP) is 4.06. The lowest BCUT2D eigenvalue weighted by Gasteiger charge is -2.11. The van der Waals surface area contributed by atoms with E-state index in [9.17, 15) is 0 Å². The van der Waals surface area contributed by atoms with Crippen molar-refractivity contribution in [2.45, 2.75) is 32.6 Å². The van der Waals surface area contributed by atoms with Gasteiger partial charge in [-0.3, -0.25) is 0 Å². The van der Waals surface area contributed by atoms with Gasteiger partial charge in [-0.1, -0.05) is 48.3 Å². The van der Waals surface area contributed by atoms with E-state index in [1.165, 1.54) is 0 Å². The molecule has 21 heavy (non-hydrogen) atoms. The molecule has 0 saturated carbocycles. The van der Waals surface area contributed by atoms with E-state index in [2.05, 4.69) is 24.0 Å². The summed E-state index contributed by atoms with van der Waals surface area (Å²) in [6.45, 7) is 4.80. The molecule has 2 N–H and O–H groups in total. The Morgan fingerprint density at radius 1 is 1.24 bits per heavy atom. The van der Waals surface area contributed by atoms with E-state index < -0.39 is 0 Å². The molecule has 0 aliphatic carbocycles. The maximum Gasteiger partial charge on any atom is 0.231 e. The Morgan fingerprint density at radius 3 is 2.62 bits per heavy atom. The minimum atomic E-state index is 0.111. The second-order valence-corrected chi connectivity index (χ2v) is 6.35. The van der Waals surface area contributed by atoms with E-state index in [0.29, 0.717) is 40.6 Å². The highest BCUT2D eigenvalue weighted by Gasteiger charge is 2.19. The van der Waals surface area contributed by atoms with Crippen molar-refractivity contribution in [1.29, 1.82) is 0 Å². The van der Waals surface area contributed by atoms with Crippen molar-refractivity contribution < 1.29 is 4.52 Å². The van der Waals surface area contributed by atoms with Gasteiger partial charge in [0.1, 0.15) is 0 Å². The van der Waals surface area contributed by atoms with Crippen LogP contribution in [0.4, 0.5) is 0 Å². The molecule has 6 heteroatoms. The van der Waals surface area contributed by atoms with Crippen LogP contribution in [-0.4, -0.2) is 16.7 Å². The molecule has 0 fully saturated rings. The Kier molecular flexibility index (Phi) is 5.62. The number of halogens is 2. The van der Waals surface area contributed by atoms with Crippen molar-refractivity contribution >= 4 is 23.2 Å². The van der Waals surface area contributed by atoms with Crippen LogP contribution in [0.15, 0.2) is 22.7 Å². The van der Waals surface area contributed by atoms with Crippen LogP contribution in [0, 0.1) is 5.92 Å². The van der Waals surface area contributed by atoms with Gasteiger partial charge in [0, 0.05) is 13.0 Å². The topological polar surface area (TPSA) is 64.9 Å². The quantitative estimate of drug-likeness (QED) is 0.868. The lowest BCUT2D eigenvalue weighted by molar-refractivity contribution is 0.332. The first-order valence-electron chi connectivity index (χ1n) is 6.96. The SMILES string of the molecule is CC(C)CC(CN)c1nc(Cc2ccc(Cl)c(Cl)c2)no1. The summed E-state index contributed by atoms with van der Waals surface area (Å²) in [6.07, 6.45) is 1.49. The molecule has 114 valence electrons. The minimum Gasteiger partial charge on any atom is -0.339 e. The minimum absolute atomic E-state index is 0.111. The second kappa shape index (κ2) is 7.25. The first-order chi connectivity index (χ1) is 9.99. The standard InChI is InChI=1S/C15H19Cl2N3O/c1-9(2)5-11(8-18)15-19-14(20-21-15)7-10-3-4-12(16)13(17)6-10/h3-4,6,9,11H,5,7-8,18H2,1-2H3. The van der Waals surface area contributed by atoms with E-state index in [4.69, 9.17) is 33.5 Å². The highest BCUT2D eigenvalue weighted by molar-refractivity contribution is 6.42. The zero-order chi connectivity index (χ0) is 15.4. The molecule has 1 unspecified atom stereocenters. The summed E-state index contributed by atoms with van der Waals surface area (Å²) in [7, 11) is 0. The third-order valence-corrected chi connectivity index (χ3v) is 3.96. The fourth-order valence-corrected chi connectivity index (χ4v) is 2.52. The Labute approximate surface area is 134 Å². The van der Waals surface area contributed by atoms with Crippen molar-refractivity contribution in [3.63, 3.8) is 0 Å². The van der Waals surface area contributed by atoms with E-state index >= 15 is 0 Å². The number of rotatable bonds is 6. The second-order valence-electron chi connectivity index (χ2n) is 5.54. The molecule has 1 atom stereocenters. The summed E-state index contributed by atoms with van der Waals surface area (Å²) in [6, 6.07) is 5.48. The molecule has 1 heterocycles. The van der Waals surface area contributed by atoms with Crippen LogP contribution in [0.25, 0.3) is 0 Å². The van der Waals surface area contributed by atoms with Gasteiger partial charge < -0.3 is 10.3 Å². The molecule has 2 rings (SSSR count). The van der Waals surface area contributed by atoms with Gasteiger partial charge in [-0.05, 0) is 30.0 Å². The van der Waals surface area contributed by atoms with Crippen molar-refractivity contribution in [2.24, 2.45) is 11.7 Å². The van der Waals surface area contributed by atoms with E-state index in [0.717, 1.165) is 12.0 Å². The first kappa shape index (κ1) is 16.3. The van der Waals surface area contributed by atoms with E-state index in [1.807, 2.05) is 12.1 Å². The van der Waals surface area contributed by atoms with Gasteiger partial charge >= 0.3 is 0 Å². The summed E-state index contributed by atoms with van der Waals surface area (Å²) in [5.74, 6) is 1.89. The average Bonchev–Trinajstić information content (AvgIpc) is 2.88. The fourth-order valence-electron chi connectivity index (χ4n) is 2.20. The van der Waals surface area contributed by atoms with Crippen LogP contribution in [0.2, 0.25) is 10.0 Å². The monoisotopic (exact) mass is 327 g/mol. The molecule has 0 aliphatic rings. The molecule has 0 saturated heterocycles. The Morgan fingerprint density at radius 2 is 2.00 bits per heavy atom. The summed E-state index contributed by atoms with van der Waals surface area (Å²) in [5, 5.41) is 5.08. The summed E-state index contributed by atoms with van der Waals surface area (Å²) >= 11 is 11.9. The molecule has 1 aromatic carbocycles. The molecule has 0 aliphatic heterocycles. The lowest BCUT2D eigenvalue weighted by atomic mass is 9.97. The Hall–Kier alpha value is -1.10. The van der Waals surface area contributed by atoms with Crippen LogP contribution in [0.5, 0.6) is 0 Å². The van der Waals surface area contributed by atoms with Gasteiger partial charge in [0.25, 0.3) is 0 Å². The van der Waals surface area contributed by atoms with Crippen molar-refractivity contribution in [2.75, 3.05) is 6.54 Å². The Balaban J connectivity index is 2.10. The molecule has 0 spiro atoms. The molecule has 0 radical (unpaired) electrons. The smallest absolute Gasteiger partial charge is 0.231 e. The lowest BCUT2D eigenvalue weighted by Crippen LogP contribution is -2.15. The number of benzene rings is 1. The average molecular weight is 328 g/mol. The summed E-state index contributed by atoms with van der Waals surface area (Å²) in [4.78, 5) is 4.45. The molecular weight excluding hydrogens is 309 g/mol. The van der Waals surface area contributed by atoms with Crippen LogP contribution in [0.1, 0.15) is 43.5 Å². The first-order valence-corrected chi connectivity index (χ1v) is 7.71. The van der Waals surface area contributed by atoms with Gasteiger partial charge in [-0.15, -0.1) is 0 Å². The predicted molar refractivity (Wildman–Crippen MR) is 84.8 cm³/mol. The zero-order valence-electron chi connectivity index (χ0n) is 12.1. The van der Waals surface area contributed by atoms with Gasteiger partial charge in [-0.25, -0.2) is 0 Å². The van der Waals surface area contributed by atoms with Gasteiger partial charge in [-0.2, -0.15) is 4.98 Å². The van der Waals surface area contributed by atoms with Crippen LogP contribution < -0.4 is 5.73 Å². The van der Waals surface area contributed by atoms with E-state index in [-0.39, 0.29) is 5.92 Å². The van der Waals surface area contributed by atoms with Gasteiger partial charge in [0.15, 0.2) is 5.82 Å². The van der Waals surface area contributed by atoms with Crippen LogP contribution in [-0.2, 0) is 6.42 Å². The number of nitrogens with zero attached hydrogens (tertiary/aromatic N) is 2. The van der Waals surface area contributed by atoms with E-state index in [1.54, 1.807) is 6.07 Å². The number of nitrogens with two attached hydrogens (primary N) is 1.